The maximum absolute atomic E-state index is 12.1. The Morgan fingerprint density at radius 2 is 1.93 bits per heavy atom. The second-order valence-electron chi connectivity index (χ2n) is 4.11. The van der Waals surface area contributed by atoms with Crippen molar-refractivity contribution in [1.82, 2.24) is 5.32 Å². The Labute approximate surface area is 90.7 Å². The van der Waals surface area contributed by atoms with Gasteiger partial charge in [0.05, 0.1) is 0 Å². The van der Waals surface area contributed by atoms with E-state index in [0.29, 0.717) is 5.78 Å². The van der Waals surface area contributed by atoms with Gasteiger partial charge < -0.3 is 5.32 Å². The Balaban J connectivity index is 2.06. The molecule has 1 unspecified atom stereocenters. The standard InChI is InChI=1S/C13H17NO/c15-13(11-5-2-1-3-6-11)12-7-4-9-14-10-8-12/h1-3,5-6,12,14H,4,7-10H2. The van der Waals surface area contributed by atoms with Gasteiger partial charge in [-0.05, 0) is 32.4 Å². The predicted octanol–water partition coefficient (Wildman–Crippen LogP) is 2.26. The summed E-state index contributed by atoms with van der Waals surface area (Å²) < 4.78 is 0. The summed E-state index contributed by atoms with van der Waals surface area (Å²) in [5.74, 6) is 0.543. The number of hydrogen-bond acceptors (Lipinski definition) is 2. The van der Waals surface area contributed by atoms with Crippen LogP contribution in [-0.4, -0.2) is 18.9 Å². The van der Waals surface area contributed by atoms with Crippen LogP contribution in [0.2, 0.25) is 0 Å². The Kier molecular flexibility index (Phi) is 3.51. The Hall–Kier alpha value is -1.15. The molecule has 0 amide bonds. The van der Waals surface area contributed by atoms with Crippen molar-refractivity contribution < 1.29 is 4.79 Å². The average Bonchev–Trinajstić information content (AvgIpc) is 2.58. The molecule has 1 N–H and O–H groups in total. The smallest absolute Gasteiger partial charge is 0.165 e. The third-order valence-electron chi connectivity index (χ3n) is 3.00. The first-order chi connectivity index (χ1) is 7.38. The van der Waals surface area contributed by atoms with E-state index in [9.17, 15) is 4.79 Å². The highest BCUT2D eigenvalue weighted by molar-refractivity contribution is 5.97. The normalized spacial score (nSPS) is 22.0. The monoisotopic (exact) mass is 203 g/mol. The number of ketones is 1. The lowest BCUT2D eigenvalue weighted by molar-refractivity contribution is 0.0910. The second-order valence-corrected chi connectivity index (χ2v) is 4.11. The highest BCUT2D eigenvalue weighted by atomic mass is 16.1. The van der Waals surface area contributed by atoms with Crippen LogP contribution in [0.4, 0.5) is 0 Å². The maximum atomic E-state index is 12.1. The van der Waals surface area contributed by atoms with Gasteiger partial charge >= 0.3 is 0 Å². The van der Waals surface area contributed by atoms with Gasteiger partial charge in [0, 0.05) is 11.5 Å². The van der Waals surface area contributed by atoms with Crippen molar-refractivity contribution in [2.75, 3.05) is 13.1 Å². The summed E-state index contributed by atoms with van der Waals surface area (Å²) >= 11 is 0. The van der Waals surface area contributed by atoms with Gasteiger partial charge in [0.2, 0.25) is 0 Å². The van der Waals surface area contributed by atoms with Crippen LogP contribution in [0.3, 0.4) is 0 Å². The highest BCUT2D eigenvalue weighted by Crippen LogP contribution is 2.19. The Morgan fingerprint density at radius 3 is 2.73 bits per heavy atom. The number of carbonyl (C=O) groups is 1. The molecule has 0 aromatic heterocycles. The molecule has 2 heteroatoms. The van der Waals surface area contributed by atoms with E-state index in [1.807, 2.05) is 30.3 Å². The quantitative estimate of drug-likeness (QED) is 0.747. The fourth-order valence-corrected chi connectivity index (χ4v) is 2.12. The number of Topliss-reactive ketones (excluding diaryl/α,β-unsaturated/α-hetero) is 1. The van der Waals surface area contributed by atoms with Crippen molar-refractivity contribution in [1.29, 1.82) is 0 Å². The summed E-state index contributed by atoms with van der Waals surface area (Å²) in [5.41, 5.74) is 0.865. The Morgan fingerprint density at radius 1 is 1.13 bits per heavy atom. The second kappa shape index (κ2) is 5.08. The lowest BCUT2D eigenvalue weighted by Crippen LogP contribution is -2.17. The number of nitrogens with one attached hydrogen (secondary N) is 1. The van der Waals surface area contributed by atoms with E-state index in [1.54, 1.807) is 0 Å². The van der Waals surface area contributed by atoms with E-state index < -0.39 is 0 Å². The van der Waals surface area contributed by atoms with Crippen molar-refractivity contribution in [2.24, 2.45) is 5.92 Å². The summed E-state index contributed by atoms with van der Waals surface area (Å²) in [5, 5.41) is 3.33. The topological polar surface area (TPSA) is 29.1 Å². The van der Waals surface area contributed by atoms with E-state index in [0.717, 1.165) is 37.9 Å². The molecule has 1 heterocycles. The summed E-state index contributed by atoms with van der Waals surface area (Å²) in [4.78, 5) is 12.1. The van der Waals surface area contributed by atoms with Gasteiger partial charge in [-0.15, -0.1) is 0 Å². The Bertz CT molecular complexity index is 313. The zero-order chi connectivity index (χ0) is 10.5. The lowest BCUT2D eigenvalue weighted by atomic mass is 9.91. The first-order valence-corrected chi connectivity index (χ1v) is 5.68. The van der Waals surface area contributed by atoms with E-state index in [2.05, 4.69) is 5.32 Å². The molecule has 2 rings (SSSR count). The molecule has 1 saturated heterocycles. The lowest BCUT2D eigenvalue weighted by Gasteiger charge is -2.11. The molecule has 1 atom stereocenters. The van der Waals surface area contributed by atoms with Crippen molar-refractivity contribution in [3.05, 3.63) is 35.9 Å². The van der Waals surface area contributed by atoms with E-state index in [1.165, 1.54) is 0 Å². The van der Waals surface area contributed by atoms with Crippen molar-refractivity contribution in [3.63, 3.8) is 0 Å². The van der Waals surface area contributed by atoms with Gasteiger partial charge in [0.25, 0.3) is 0 Å². The molecule has 0 bridgehead atoms. The molecule has 0 aliphatic carbocycles. The molecule has 1 aliphatic rings. The average molecular weight is 203 g/mol. The predicted molar refractivity (Wildman–Crippen MR) is 61.0 cm³/mol. The third kappa shape index (κ3) is 2.66. The van der Waals surface area contributed by atoms with Gasteiger partial charge in [-0.2, -0.15) is 0 Å². The first-order valence-electron chi connectivity index (χ1n) is 5.68. The van der Waals surface area contributed by atoms with Crippen LogP contribution in [-0.2, 0) is 0 Å². The van der Waals surface area contributed by atoms with Crippen LogP contribution in [0.15, 0.2) is 30.3 Å². The fraction of sp³-hybridized carbons (Fsp3) is 0.462. The van der Waals surface area contributed by atoms with Crippen molar-refractivity contribution in [3.8, 4) is 0 Å². The van der Waals surface area contributed by atoms with Crippen LogP contribution >= 0.6 is 0 Å². The largest absolute Gasteiger partial charge is 0.317 e. The van der Waals surface area contributed by atoms with Gasteiger partial charge in [-0.1, -0.05) is 30.3 Å². The fourth-order valence-electron chi connectivity index (χ4n) is 2.12. The molecule has 0 saturated carbocycles. The van der Waals surface area contributed by atoms with Crippen LogP contribution in [0.1, 0.15) is 29.6 Å². The van der Waals surface area contributed by atoms with E-state index in [4.69, 9.17) is 0 Å². The summed E-state index contributed by atoms with van der Waals surface area (Å²) in [7, 11) is 0. The SMILES string of the molecule is O=C(c1ccccc1)C1CCCNCC1. The summed E-state index contributed by atoms with van der Waals surface area (Å²) in [6, 6.07) is 9.65. The number of benzene rings is 1. The molecule has 1 aliphatic heterocycles. The molecule has 1 aromatic carbocycles. The zero-order valence-electron chi connectivity index (χ0n) is 8.91. The number of carbonyl (C=O) groups excluding carboxylic acids is 1. The maximum Gasteiger partial charge on any atom is 0.165 e. The van der Waals surface area contributed by atoms with Crippen LogP contribution < -0.4 is 5.32 Å². The van der Waals surface area contributed by atoms with Gasteiger partial charge in [-0.3, -0.25) is 4.79 Å². The minimum absolute atomic E-state index is 0.224. The molecule has 1 fully saturated rings. The number of rotatable bonds is 2. The molecule has 0 spiro atoms. The highest BCUT2D eigenvalue weighted by Gasteiger charge is 2.20. The molecule has 80 valence electrons. The molecule has 2 nitrogen and oxygen atoms in total. The number of hydrogen-bond donors (Lipinski definition) is 1. The van der Waals surface area contributed by atoms with Crippen molar-refractivity contribution >= 4 is 5.78 Å². The minimum Gasteiger partial charge on any atom is -0.317 e. The van der Waals surface area contributed by atoms with Crippen LogP contribution in [0.25, 0.3) is 0 Å². The zero-order valence-corrected chi connectivity index (χ0v) is 8.91. The van der Waals surface area contributed by atoms with E-state index in [-0.39, 0.29) is 5.92 Å². The van der Waals surface area contributed by atoms with Gasteiger partial charge in [0.15, 0.2) is 5.78 Å². The van der Waals surface area contributed by atoms with Crippen LogP contribution in [0.5, 0.6) is 0 Å². The van der Waals surface area contributed by atoms with E-state index >= 15 is 0 Å². The molecule has 1 aromatic rings. The minimum atomic E-state index is 0.224. The van der Waals surface area contributed by atoms with Crippen LogP contribution in [0, 0.1) is 5.92 Å². The van der Waals surface area contributed by atoms with Gasteiger partial charge in [0.1, 0.15) is 0 Å². The third-order valence-corrected chi connectivity index (χ3v) is 3.00. The molecular formula is C13H17NO. The summed E-state index contributed by atoms with van der Waals surface area (Å²) in [6.45, 7) is 2.03. The first kappa shape index (κ1) is 10.4. The molecular weight excluding hydrogens is 186 g/mol. The van der Waals surface area contributed by atoms with Crippen molar-refractivity contribution in [2.45, 2.75) is 19.3 Å². The van der Waals surface area contributed by atoms with Gasteiger partial charge in [-0.25, -0.2) is 0 Å². The summed E-state index contributed by atoms with van der Waals surface area (Å²) in [6.07, 6.45) is 3.12. The molecule has 15 heavy (non-hydrogen) atoms. The molecule has 0 radical (unpaired) electrons.